The Balaban J connectivity index is 2.56. The first-order valence-corrected chi connectivity index (χ1v) is 7.29. The molecule has 138 valence electrons. The van der Waals surface area contributed by atoms with E-state index in [0.717, 1.165) is 31.4 Å². The first kappa shape index (κ1) is 19.7. The number of rotatable bonds is 3. The van der Waals surface area contributed by atoms with E-state index in [0.29, 0.717) is 6.07 Å². The standard InChI is InChI=1S/C16H11ClF4N2O3/c1-26-15(24)12-11(17)6-5-10(13(12)18)14(23-25)22-9-4-2-3-8(7-9)16(19,20)21/h2-7,25H,1H3,(H,22,23). The van der Waals surface area contributed by atoms with Gasteiger partial charge in [-0.2, -0.15) is 13.2 Å². The van der Waals surface area contributed by atoms with E-state index in [1.165, 1.54) is 6.07 Å². The zero-order valence-electron chi connectivity index (χ0n) is 13.1. The largest absolute Gasteiger partial charge is 0.465 e. The second-order valence-electron chi connectivity index (χ2n) is 4.90. The van der Waals surface area contributed by atoms with Crippen LogP contribution in [0, 0.1) is 5.82 Å². The molecule has 0 aromatic heterocycles. The van der Waals surface area contributed by atoms with Gasteiger partial charge in [0.15, 0.2) is 5.84 Å². The number of hydrogen-bond donors (Lipinski definition) is 2. The molecular formula is C16H11ClF4N2O3. The van der Waals surface area contributed by atoms with Crippen LogP contribution in [0.3, 0.4) is 0 Å². The number of carbonyl (C=O) groups excluding carboxylic acids is 1. The van der Waals surface area contributed by atoms with Gasteiger partial charge in [-0.1, -0.05) is 17.7 Å². The normalized spacial score (nSPS) is 12.0. The van der Waals surface area contributed by atoms with E-state index < -0.39 is 40.5 Å². The number of aliphatic imine (C=N–C) groups is 1. The minimum Gasteiger partial charge on any atom is -0.465 e. The summed E-state index contributed by atoms with van der Waals surface area (Å²) in [7, 11) is 1.02. The number of esters is 1. The van der Waals surface area contributed by atoms with Gasteiger partial charge in [-0.25, -0.2) is 14.2 Å². The number of nitrogens with one attached hydrogen (secondary N) is 1. The maximum Gasteiger partial charge on any atom is 0.416 e. The van der Waals surface area contributed by atoms with Gasteiger partial charge in [-0.3, -0.25) is 10.7 Å². The van der Waals surface area contributed by atoms with Crippen LogP contribution in [0.2, 0.25) is 5.02 Å². The quantitative estimate of drug-likeness (QED) is 0.269. The van der Waals surface area contributed by atoms with Gasteiger partial charge in [0.05, 0.1) is 28.9 Å². The first-order chi connectivity index (χ1) is 12.2. The molecule has 0 atom stereocenters. The van der Waals surface area contributed by atoms with E-state index in [-0.39, 0.29) is 10.7 Å². The highest BCUT2D eigenvalue weighted by atomic mass is 35.5. The predicted octanol–water partition coefficient (Wildman–Crippen LogP) is 4.34. The van der Waals surface area contributed by atoms with Crippen molar-refractivity contribution >= 4 is 29.1 Å². The van der Waals surface area contributed by atoms with Crippen LogP contribution in [0.1, 0.15) is 21.5 Å². The lowest BCUT2D eigenvalue weighted by molar-refractivity contribution is -0.137. The molecule has 2 aromatic rings. The molecule has 0 aliphatic heterocycles. The number of ether oxygens (including phenoxy) is 1. The summed E-state index contributed by atoms with van der Waals surface area (Å²) >= 11 is 5.77. The molecule has 2 aromatic carbocycles. The van der Waals surface area contributed by atoms with Crippen LogP contribution in [0.5, 0.6) is 0 Å². The van der Waals surface area contributed by atoms with E-state index in [4.69, 9.17) is 11.6 Å². The lowest BCUT2D eigenvalue weighted by Crippen LogP contribution is -2.23. The van der Waals surface area contributed by atoms with Crippen molar-refractivity contribution in [3.63, 3.8) is 0 Å². The maximum absolute atomic E-state index is 14.6. The molecule has 0 saturated heterocycles. The van der Waals surface area contributed by atoms with Gasteiger partial charge in [0.25, 0.3) is 0 Å². The smallest absolute Gasteiger partial charge is 0.416 e. The van der Waals surface area contributed by atoms with Crippen molar-refractivity contribution in [2.45, 2.75) is 6.18 Å². The van der Waals surface area contributed by atoms with E-state index >= 15 is 0 Å². The number of nitrogens with zero attached hydrogens (tertiary/aromatic N) is 1. The molecule has 0 spiro atoms. The fraction of sp³-hybridized carbons (Fsp3) is 0.125. The Morgan fingerprint density at radius 2 is 1.96 bits per heavy atom. The molecule has 5 nitrogen and oxygen atoms in total. The van der Waals surface area contributed by atoms with Crippen LogP contribution in [0.4, 0.5) is 23.2 Å². The molecule has 0 aliphatic rings. The summed E-state index contributed by atoms with van der Waals surface area (Å²) in [5.41, 5.74) is -0.562. The first-order valence-electron chi connectivity index (χ1n) is 6.91. The number of hydroxylamine groups is 1. The third-order valence-electron chi connectivity index (χ3n) is 3.26. The highest BCUT2D eigenvalue weighted by Gasteiger charge is 2.30. The average Bonchev–Trinajstić information content (AvgIpc) is 2.59. The van der Waals surface area contributed by atoms with Crippen LogP contribution in [-0.2, 0) is 10.9 Å². The molecule has 10 heteroatoms. The Kier molecular flexibility index (Phi) is 5.83. The Morgan fingerprint density at radius 1 is 1.27 bits per heavy atom. The van der Waals surface area contributed by atoms with E-state index in [2.05, 4.69) is 9.73 Å². The molecule has 2 rings (SSSR count). The third-order valence-corrected chi connectivity index (χ3v) is 3.57. The summed E-state index contributed by atoms with van der Waals surface area (Å²) in [6.45, 7) is 0. The van der Waals surface area contributed by atoms with Crippen molar-refractivity contribution < 1.29 is 32.3 Å². The highest BCUT2D eigenvalue weighted by Crippen LogP contribution is 2.32. The number of halogens is 5. The Bertz CT molecular complexity index is 869. The second-order valence-corrected chi connectivity index (χ2v) is 5.30. The summed E-state index contributed by atoms with van der Waals surface area (Å²) in [4.78, 5) is 15.4. The van der Waals surface area contributed by atoms with Gasteiger partial charge in [0.1, 0.15) is 11.4 Å². The summed E-state index contributed by atoms with van der Waals surface area (Å²) in [6.07, 6.45) is -4.60. The summed E-state index contributed by atoms with van der Waals surface area (Å²) < 4.78 is 57.3. The van der Waals surface area contributed by atoms with Crippen molar-refractivity contribution in [2.24, 2.45) is 4.99 Å². The van der Waals surface area contributed by atoms with Gasteiger partial charge in [0.2, 0.25) is 0 Å². The zero-order chi connectivity index (χ0) is 19.5. The van der Waals surface area contributed by atoms with Crippen molar-refractivity contribution in [3.8, 4) is 0 Å². The van der Waals surface area contributed by atoms with Crippen molar-refractivity contribution in [1.82, 2.24) is 5.48 Å². The number of carbonyl (C=O) groups is 1. The van der Waals surface area contributed by atoms with Crippen molar-refractivity contribution in [3.05, 3.63) is 63.9 Å². The number of benzene rings is 2. The molecule has 0 radical (unpaired) electrons. The fourth-order valence-electron chi connectivity index (χ4n) is 2.05. The molecule has 26 heavy (non-hydrogen) atoms. The summed E-state index contributed by atoms with van der Waals surface area (Å²) in [5, 5.41) is 8.99. The Morgan fingerprint density at radius 3 is 2.54 bits per heavy atom. The SMILES string of the molecule is COC(=O)c1c(Cl)ccc(C(=Nc2cccc(C(F)(F)F)c2)NO)c1F. The number of amidine groups is 1. The van der Waals surface area contributed by atoms with Crippen LogP contribution in [0.25, 0.3) is 0 Å². The Hall–Kier alpha value is -2.65. The molecule has 0 fully saturated rings. The Labute approximate surface area is 149 Å². The minimum absolute atomic E-state index is 0.203. The molecule has 0 heterocycles. The molecule has 0 amide bonds. The van der Waals surface area contributed by atoms with Gasteiger partial charge in [-0.05, 0) is 30.3 Å². The molecule has 2 N–H and O–H groups in total. The predicted molar refractivity (Wildman–Crippen MR) is 85.3 cm³/mol. The summed E-state index contributed by atoms with van der Waals surface area (Å²) in [5.74, 6) is -2.74. The van der Waals surface area contributed by atoms with Gasteiger partial charge >= 0.3 is 12.1 Å². The van der Waals surface area contributed by atoms with Crippen LogP contribution >= 0.6 is 11.6 Å². The van der Waals surface area contributed by atoms with Crippen molar-refractivity contribution in [2.75, 3.05) is 7.11 Å². The lowest BCUT2D eigenvalue weighted by Gasteiger charge is -2.11. The topological polar surface area (TPSA) is 70.9 Å². The molecule has 0 aliphatic carbocycles. The van der Waals surface area contributed by atoms with Gasteiger partial charge in [0, 0.05) is 0 Å². The minimum atomic E-state index is -4.60. The second kappa shape index (κ2) is 7.71. The number of hydrogen-bond acceptors (Lipinski definition) is 4. The van der Waals surface area contributed by atoms with Crippen molar-refractivity contribution in [1.29, 1.82) is 0 Å². The monoisotopic (exact) mass is 390 g/mol. The molecular weight excluding hydrogens is 380 g/mol. The van der Waals surface area contributed by atoms with E-state index in [1.807, 2.05) is 0 Å². The number of methoxy groups -OCH3 is 1. The molecule has 0 saturated carbocycles. The van der Waals surface area contributed by atoms with Crippen LogP contribution in [0.15, 0.2) is 41.4 Å². The van der Waals surface area contributed by atoms with Crippen LogP contribution < -0.4 is 5.48 Å². The summed E-state index contributed by atoms with van der Waals surface area (Å²) in [6, 6.07) is 6.14. The van der Waals surface area contributed by atoms with Gasteiger partial charge in [-0.15, -0.1) is 0 Å². The third kappa shape index (κ3) is 4.12. The number of alkyl halides is 3. The zero-order valence-corrected chi connectivity index (χ0v) is 13.8. The van der Waals surface area contributed by atoms with Gasteiger partial charge < -0.3 is 4.74 Å². The lowest BCUT2D eigenvalue weighted by atomic mass is 10.1. The van der Waals surface area contributed by atoms with Crippen LogP contribution in [-0.4, -0.2) is 24.1 Å². The maximum atomic E-state index is 14.6. The average molecular weight is 391 g/mol. The fourth-order valence-corrected chi connectivity index (χ4v) is 2.27. The molecule has 0 unspecified atom stereocenters. The highest BCUT2D eigenvalue weighted by molar-refractivity contribution is 6.33. The molecule has 0 bridgehead atoms. The van der Waals surface area contributed by atoms with E-state index in [9.17, 15) is 27.6 Å². The van der Waals surface area contributed by atoms with E-state index in [1.54, 1.807) is 5.48 Å².